The Balaban J connectivity index is 2.76. The summed E-state index contributed by atoms with van der Waals surface area (Å²) in [5.74, 6) is 0. The van der Waals surface area contributed by atoms with E-state index in [0.717, 1.165) is 0 Å². The van der Waals surface area contributed by atoms with Gasteiger partial charge in [0.1, 0.15) is 6.54 Å². The summed E-state index contributed by atoms with van der Waals surface area (Å²) in [5, 5.41) is 23.9. The number of hydrogen-bond acceptors (Lipinski definition) is 4. The van der Waals surface area contributed by atoms with E-state index >= 15 is 0 Å². The van der Waals surface area contributed by atoms with E-state index in [4.69, 9.17) is 16.9 Å². The third kappa shape index (κ3) is 1.57. The maximum Gasteiger partial charge on any atom is 0.281 e. The van der Waals surface area contributed by atoms with Gasteiger partial charge in [0, 0.05) is 11.1 Å². The molecule has 0 radical (unpaired) electrons. The zero-order valence-electron chi connectivity index (χ0n) is 7.92. The molecule has 0 fully saturated rings. The Labute approximate surface area is 94.8 Å². The van der Waals surface area contributed by atoms with Gasteiger partial charge in [-0.15, -0.1) is 0 Å². The number of benzene rings is 1. The molecule has 0 saturated heterocycles. The van der Waals surface area contributed by atoms with Crippen LogP contribution in [-0.4, -0.2) is 14.7 Å². The van der Waals surface area contributed by atoms with Crippen LogP contribution in [-0.2, 0) is 6.54 Å². The van der Waals surface area contributed by atoms with Crippen molar-refractivity contribution < 1.29 is 4.92 Å². The number of non-ortho nitro benzene ring substituents is 1. The number of aromatic nitrogens is 2. The third-order valence-corrected chi connectivity index (χ3v) is 2.34. The number of nitriles is 1. The van der Waals surface area contributed by atoms with E-state index in [0.29, 0.717) is 10.9 Å². The van der Waals surface area contributed by atoms with E-state index in [1.807, 2.05) is 6.07 Å². The Kier molecular flexibility index (Phi) is 2.46. The van der Waals surface area contributed by atoms with Crippen molar-refractivity contribution in [3.63, 3.8) is 0 Å². The van der Waals surface area contributed by atoms with Gasteiger partial charge in [0.25, 0.3) is 5.69 Å². The lowest BCUT2D eigenvalue weighted by atomic mass is 10.2. The second kappa shape index (κ2) is 3.79. The van der Waals surface area contributed by atoms with Crippen molar-refractivity contribution in [3.05, 3.63) is 33.5 Å². The van der Waals surface area contributed by atoms with Crippen LogP contribution in [0.5, 0.6) is 0 Å². The largest absolute Gasteiger partial charge is 0.281 e. The number of rotatable bonds is 2. The molecule has 2 rings (SSSR count). The van der Waals surface area contributed by atoms with Crippen molar-refractivity contribution in [2.45, 2.75) is 6.54 Å². The molecule has 1 aromatic carbocycles. The number of halogens is 1. The molecule has 0 unspecified atom stereocenters. The summed E-state index contributed by atoms with van der Waals surface area (Å²) in [6, 6.07) is 4.73. The fourth-order valence-electron chi connectivity index (χ4n) is 1.47. The molecule has 1 aromatic heterocycles. The highest BCUT2D eigenvalue weighted by atomic mass is 35.5. The Morgan fingerprint density at radius 1 is 1.62 bits per heavy atom. The Bertz CT molecular complexity index is 614. The van der Waals surface area contributed by atoms with Crippen LogP contribution >= 0.6 is 11.6 Å². The molecule has 2 aromatic rings. The lowest BCUT2D eigenvalue weighted by Gasteiger charge is -1.98. The van der Waals surface area contributed by atoms with Gasteiger partial charge in [-0.1, -0.05) is 11.6 Å². The van der Waals surface area contributed by atoms with Crippen LogP contribution in [0, 0.1) is 21.4 Å². The second-order valence-corrected chi connectivity index (χ2v) is 3.51. The maximum atomic E-state index is 10.8. The van der Waals surface area contributed by atoms with Crippen molar-refractivity contribution in [1.82, 2.24) is 9.78 Å². The summed E-state index contributed by atoms with van der Waals surface area (Å²) >= 11 is 5.77. The lowest BCUT2D eigenvalue weighted by Crippen LogP contribution is -1.97. The zero-order chi connectivity index (χ0) is 11.7. The fourth-order valence-corrected chi connectivity index (χ4v) is 1.68. The predicted octanol–water partition coefficient (Wildman–Crippen LogP) is 2.12. The summed E-state index contributed by atoms with van der Waals surface area (Å²) in [6.07, 6.45) is 1.36. The monoisotopic (exact) mass is 236 g/mol. The lowest BCUT2D eigenvalue weighted by molar-refractivity contribution is -0.383. The van der Waals surface area contributed by atoms with Crippen LogP contribution in [0.1, 0.15) is 0 Å². The van der Waals surface area contributed by atoms with E-state index < -0.39 is 4.92 Å². The standard InChI is InChI=1S/C9H5ClN4O2/c10-6-3-8-7(9(4-6)14(15)16)5-12-13(8)2-1-11/h3-5H,2H2. The SMILES string of the molecule is N#CCn1ncc2c([N+](=O)[O-])cc(Cl)cc21. The van der Waals surface area contributed by atoms with Crippen molar-refractivity contribution in [3.8, 4) is 6.07 Å². The first-order chi connectivity index (χ1) is 7.63. The van der Waals surface area contributed by atoms with Gasteiger partial charge >= 0.3 is 0 Å². The number of nitro groups is 1. The minimum Gasteiger partial charge on any atom is -0.258 e. The summed E-state index contributed by atoms with van der Waals surface area (Å²) < 4.78 is 1.37. The molecule has 6 nitrogen and oxygen atoms in total. The molecule has 0 aliphatic carbocycles. The van der Waals surface area contributed by atoms with Crippen LogP contribution < -0.4 is 0 Å². The summed E-state index contributed by atoms with van der Waals surface area (Å²) in [6.45, 7) is 0.0288. The molecule has 0 N–H and O–H groups in total. The number of nitro benzene ring substituents is 1. The Hall–Kier alpha value is -2.13. The van der Waals surface area contributed by atoms with Crippen LogP contribution in [0.15, 0.2) is 18.3 Å². The van der Waals surface area contributed by atoms with Crippen LogP contribution in [0.4, 0.5) is 5.69 Å². The zero-order valence-corrected chi connectivity index (χ0v) is 8.68. The van der Waals surface area contributed by atoms with Crippen molar-refractivity contribution >= 4 is 28.2 Å². The van der Waals surface area contributed by atoms with E-state index in [1.165, 1.54) is 16.9 Å². The van der Waals surface area contributed by atoms with Crippen molar-refractivity contribution in [2.75, 3.05) is 0 Å². The number of nitrogens with zero attached hydrogens (tertiary/aromatic N) is 4. The average molecular weight is 237 g/mol. The van der Waals surface area contributed by atoms with Gasteiger partial charge in [-0.05, 0) is 6.07 Å². The van der Waals surface area contributed by atoms with Gasteiger partial charge in [0.05, 0.1) is 28.1 Å². The molecule has 0 atom stereocenters. The average Bonchev–Trinajstić information content (AvgIpc) is 2.61. The molecule has 7 heteroatoms. The van der Waals surface area contributed by atoms with E-state index in [1.54, 1.807) is 6.07 Å². The fraction of sp³-hybridized carbons (Fsp3) is 0.111. The molecule has 0 spiro atoms. The van der Waals surface area contributed by atoms with Gasteiger partial charge < -0.3 is 0 Å². The normalized spacial score (nSPS) is 10.2. The highest BCUT2D eigenvalue weighted by molar-refractivity contribution is 6.31. The van der Waals surface area contributed by atoms with Crippen LogP contribution in [0.3, 0.4) is 0 Å². The first-order valence-electron chi connectivity index (χ1n) is 4.30. The molecule has 16 heavy (non-hydrogen) atoms. The molecule has 80 valence electrons. The smallest absolute Gasteiger partial charge is 0.258 e. The highest BCUT2D eigenvalue weighted by Crippen LogP contribution is 2.29. The molecule has 0 amide bonds. The third-order valence-electron chi connectivity index (χ3n) is 2.12. The van der Waals surface area contributed by atoms with Gasteiger partial charge in [0.15, 0.2) is 0 Å². The maximum absolute atomic E-state index is 10.8. The summed E-state index contributed by atoms with van der Waals surface area (Å²) in [4.78, 5) is 10.3. The van der Waals surface area contributed by atoms with E-state index in [-0.39, 0.29) is 17.3 Å². The second-order valence-electron chi connectivity index (χ2n) is 3.08. The molecule has 0 bridgehead atoms. The van der Waals surface area contributed by atoms with Gasteiger partial charge in [-0.25, -0.2) is 0 Å². The molecular formula is C9H5ClN4O2. The number of hydrogen-bond donors (Lipinski definition) is 0. The minimum absolute atomic E-state index is 0.0288. The molecule has 1 heterocycles. The molecule has 0 aliphatic heterocycles. The quantitative estimate of drug-likeness (QED) is 0.590. The van der Waals surface area contributed by atoms with Crippen molar-refractivity contribution in [1.29, 1.82) is 5.26 Å². The summed E-state index contributed by atoms with van der Waals surface area (Å²) in [7, 11) is 0. The van der Waals surface area contributed by atoms with Gasteiger partial charge in [0.2, 0.25) is 0 Å². The first-order valence-corrected chi connectivity index (χ1v) is 4.67. The van der Waals surface area contributed by atoms with Gasteiger partial charge in [-0.3, -0.25) is 14.8 Å². The van der Waals surface area contributed by atoms with Gasteiger partial charge in [-0.2, -0.15) is 10.4 Å². The highest BCUT2D eigenvalue weighted by Gasteiger charge is 2.16. The van der Waals surface area contributed by atoms with E-state index in [2.05, 4.69) is 5.10 Å². The minimum atomic E-state index is -0.521. The van der Waals surface area contributed by atoms with Crippen molar-refractivity contribution in [2.24, 2.45) is 0 Å². The van der Waals surface area contributed by atoms with Crippen LogP contribution in [0.25, 0.3) is 10.9 Å². The summed E-state index contributed by atoms with van der Waals surface area (Å²) in [5.41, 5.74) is 0.382. The molecular weight excluding hydrogens is 232 g/mol. The van der Waals surface area contributed by atoms with Crippen LogP contribution in [0.2, 0.25) is 5.02 Å². The number of fused-ring (bicyclic) bond motifs is 1. The molecule has 0 saturated carbocycles. The first kappa shape index (κ1) is 10.4. The van der Waals surface area contributed by atoms with E-state index in [9.17, 15) is 10.1 Å². The topological polar surface area (TPSA) is 84.8 Å². The predicted molar refractivity (Wildman–Crippen MR) is 57.0 cm³/mol. The Morgan fingerprint density at radius 2 is 2.38 bits per heavy atom. The molecule has 0 aliphatic rings. The Morgan fingerprint density at radius 3 is 3.00 bits per heavy atom.